The van der Waals surface area contributed by atoms with E-state index in [2.05, 4.69) is 9.84 Å². The molecule has 1 heterocycles. The van der Waals surface area contributed by atoms with Gasteiger partial charge in [0.2, 0.25) is 12.9 Å². The number of aliphatic hydroxyl groups is 2. The number of hydrogen-bond acceptors (Lipinski definition) is 17. The van der Waals surface area contributed by atoms with E-state index in [0.717, 1.165) is 6.92 Å². The van der Waals surface area contributed by atoms with Gasteiger partial charge in [-0.25, -0.2) is 23.5 Å². The van der Waals surface area contributed by atoms with Crippen molar-refractivity contribution >= 4 is 43.6 Å². The van der Waals surface area contributed by atoms with E-state index in [1.165, 1.54) is 57.2 Å². The maximum atomic E-state index is 15.7. The van der Waals surface area contributed by atoms with Crippen LogP contribution in [0.2, 0.25) is 0 Å². The number of hydrogen-bond donors (Lipinski definition) is 5. The fourth-order valence-electron chi connectivity index (χ4n) is 10.6. The Morgan fingerprint density at radius 3 is 2.07 bits per heavy atom. The monoisotopic (exact) mass is 993 g/mol. The Morgan fingerprint density at radius 2 is 1.50 bits per heavy atom. The van der Waals surface area contributed by atoms with Crippen LogP contribution in [-0.2, 0) is 68.0 Å². The molecule has 1 amide bonds. The topological polar surface area (TPSA) is 286 Å². The summed E-state index contributed by atoms with van der Waals surface area (Å²) in [5.41, 5.74) is -6.71. The Hall–Kier alpha value is -5.83. The third kappa shape index (κ3) is 9.92. The van der Waals surface area contributed by atoms with Crippen molar-refractivity contribution < 1.29 is 91.0 Å². The molecule has 3 aromatic rings. The first-order valence-electron chi connectivity index (χ1n) is 22.4. The van der Waals surface area contributed by atoms with Gasteiger partial charge in [0.15, 0.2) is 17.5 Å². The maximum Gasteiger partial charge on any atom is 0.472 e. The molecule has 0 spiro atoms. The van der Waals surface area contributed by atoms with Gasteiger partial charge in [0.25, 0.3) is 0 Å². The van der Waals surface area contributed by atoms with E-state index in [1.54, 1.807) is 68.4 Å². The highest BCUT2D eigenvalue weighted by Gasteiger charge is 2.77. The van der Waals surface area contributed by atoms with Gasteiger partial charge in [-0.05, 0) is 48.3 Å². The number of carbonyl (C=O) groups is 6. The highest BCUT2D eigenvalue weighted by molar-refractivity contribution is 7.46. The van der Waals surface area contributed by atoms with Crippen LogP contribution in [0.3, 0.4) is 0 Å². The molecule has 2 bridgehead atoms. The molecule has 376 valence electrons. The lowest BCUT2D eigenvalue weighted by atomic mass is 9.44. The Kier molecular flexibility index (Phi) is 14.9. The third-order valence-electron chi connectivity index (χ3n) is 14.1. The molecule has 2 saturated carbocycles. The smallest absolute Gasteiger partial charge is 0.455 e. The van der Waals surface area contributed by atoms with E-state index < -0.39 is 127 Å². The first-order chi connectivity index (χ1) is 32.9. The van der Waals surface area contributed by atoms with Crippen molar-refractivity contribution in [2.24, 2.45) is 16.7 Å². The van der Waals surface area contributed by atoms with E-state index in [4.69, 9.17) is 42.9 Å². The number of Topliss-reactive ketones (excluding diaryl/α,β-unsaturated/α-hetero) is 1. The Balaban J connectivity index is 1.39. The van der Waals surface area contributed by atoms with Crippen molar-refractivity contribution in [3.63, 3.8) is 0 Å². The molecule has 20 nitrogen and oxygen atoms in total. The van der Waals surface area contributed by atoms with Crippen molar-refractivity contribution in [1.82, 2.24) is 5.32 Å². The lowest BCUT2D eigenvalue weighted by Crippen LogP contribution is -2.81. The number of esters is 4. The second-order valence-corrected chi connectivity index (χ2v) is 19.8. The van der Waals surface area contributed by atoms with E-state index in [9.17, 15) is 34.0 Å². The number of carbonyl (C=O) groups excluding carboxylic acids is 6. The van der Waals surface area contributed by atoms with E-state index >= 15 is 9.59 Å². The quantitative estimate of drug-likeness (QED) is 0.0466. The molecule has 1 aliphatic heterocycles. The molecule has 0 aromatic heterocycles. The number of ether oxygens (including phenoxy) is 7. The molecule has 70 heavy (non-hydrogen) atoms. The third-order valence-corrected chi connectivity index (χ3v) is 14.5. The number of phosphoric ester groups is 1. The molecule has 11 atom stereocenters. The summed E-state index contributed by atoms with van der Waals surface area (Å²) in [4.78, 5) is 102. The minimum absolute atomic E-state index is 0.00264. The average molecular weight is 994 g/mol. The predicted octanol–water partition coefficient (Wildman–Crippen LogP) is 4.32. The van der Waals surface area contributed by atoms with Crippen LogP contribution < -0.4 is 5.32 Å². The Morgan fingerprint density at radius 1 is 0.886 bits per heavy atom. The number of fused-ring (bicyclic) bond motifs is 5. The van der Waals surface area contributed by atoms with Crippen molar-refractivity contribution in [2.75, 3.05) is 13.4 Å². The summed E-state index contributed by atoms with van der Waals surface area (Å²) < 4.78 is 57.5. The van der Waals surface area contributed by atoms with Crippen LogP contribution >= 0.6 is 7.82 Å². The number of nitrogens with one attached hydrogen (secondary N) is 1. The number of rotatable bonds is 15. The Bertz CT molecular complexity index is 2550. The maximum absolute atomic E-state index is 15.7. The molecule has 0 radical (unpaired) electrons. The zero-order chi connectivity index (χ0) is 51.0. The predicted molar refractivity (Wildman–Crippen MR) is 240 cm³/mol. The summed E-state index contributed by atoms with van der Waals surface area (Å²) in [6, 6.07) is 22.4. The molecule has 21 heteroatoms. The number of benzene rings is 3. The molecule has 5 N–H and O–H groups in total. The van der Waals surface area contributed by atoms with Gasteiger partial charge in [0, 0.05) is 38.0 Å². The van der Waals surface area contributed by atoms with Crippen LogP contribution in [0.15, 0.2) is 102 Å². The van der Waals surface area contributed by atoms with Gasteiger partial charge in [-0.1, -0.05) is 92.7 Å². The molecule has 0 unspecified atom stereocenters. The summed E-state index contributed by atoms with van der Waals surface area (Å²) in [6.45, 7) is 6.73. The van der Waals surface area contributed by atoms with Crippen molar-refractivity contribution in [3.05, 3.63) is 119 Å². The van der Waals surface area contributed by atoms with Gasteiger partial charge >= 0.3 is 37.8 Å². The van der Waals surface area contributed by atoms with Gasteiger partial charge in [0.1, 0.15) is 23.9 Å². The minimum Gasteiger partial charge on any atom is -0.455 e. The van der Waals surface area contributed by atoms with Crippen molar-refractivity contribution in [3.8, 4) is 0 Å². The van der Waals surface area contributed by atoms with Crippen LogP contribution in [0.1, 0.15) is 81.9 Å². The van der Waals surface area contributed by atoms with Crippen molar-refractivity contribution in [2.45, 2.75) is 115 Å². The first kappa shape index (κ1) is 52.0. The summed E-state index contributed by atoms with van der Waals surface area (Å²) in [5.74, 6) is -6.29. The highest BCUT2D eigenvalue weighted by atomic mass is 31.2. The summed E-state index contributed by atoms with van der Waals surface area (Å²) >= 11 is 0. The van der Waals surface area contributed by atoms with Gasteiger partial charge < -0.3 is 58.5 Å². The summed E-state index contributed by atoms with van der Waals surface area (Å²) in [7, 11) is -5.10. The standard InChI is InChI=1S/C49H56NO19P/c1-27-33(67-44(56)39(68-43(55)32-20-14-9-15-21-32)37(31-18-12-8-13-19-31)50-45(57)64-26-65-70(59,60)61)23-49(58)42(62-24-30-16-10-7-11-17-30)40-47(6,34(53)22-35-48(40,25-63-35)69-29(3)52)41(54)38(66-28(2)51)36(27)46(49,4)5/h7-21,33-35,37-40,42,53,58H,22-26H2,1-6H3,(H,50,57)(H2,59,60,61)/t33-,34-,35+,37-,38+,39+,40-,42-,47+,48-,49+/m0/s1. The average Bonchev–Trinajstić information content (AvgIpc) is 3.30. The highest BCUT2D eigenvalue weighted by Crippen LogP contribution is 2.64. The lowest BCUT2D eigenvalue weighted by molar-refractivity contribution is -0.351. The summed E-state index contributed by atoms with van der Waals surface area (Å²) in [5, 5.41) is 28.5. The van der Waals surface area contributed by atoms with Gasteiger partial charge in [-0.2, -0.15) is 0 Å². The number of aliphatic hydroxyl groups excluding tert-OH is 1. The number of ketones is 1. The van der Waals surface area contributed by atoms with E-state index in [1.807, 2.05) is 0 Å². The fraction of sp³-hybridized carbons (Fsp3) is 0.469. The van der Waals surface area contributed by atoms with Crippen LogP contribution in [0.25, 0.3) is 0 Å². The molecule has 3 fully saturated rings. The molecule has 3 aliphatic carbocycles. The molecule has 3 aromatic carbocycles. The van der Waals surface area contributed by atoms with Crippen LogP contribution in [0.5, 0.6) is 0 Å². The van der Waals surface area contributed by atoms with Crippen LogP contribution in [-0.4, -0.2) is 117 Å². The van der Waals surface area contributed by atoms with Crippen LogP contribution in [0, 0.1) is 16.7 Å². The van der Waals surface area contributed by atoms with Gasteiger partial charge in [-0.3, -0.25) is 14.4 Å². The van der Waals surface area contributed by atoms with Crippen molar-refractivity contribution in [1.29, 1.82) is 0 Å². The second kappa shape index (κ2) is 20.1. The zero-order valence-corrected chi connectivity index (χ0v) is 40.1. The van der Waals surface area contributed by atoms with E-state index in [0.29, 0.717) is 5.56 Å². The number of amides is 1. The molecule has 4 aliphatic rings. The normalized spacial score (nSPS) is 29.8. The molecular weight excluding hydrogens is 938 g/mol. The van der Waals surface area contributed by atoms with Gasteiger partial charge in [-0.15, -0.1) is 0 Å². The second-order valence-electron chi connectivity index (χ2n) is 18.6. The van der Waals surface area contributed by atoms with E-state index in [-0.39, 0.29) is 41.9 Å². The number of phosphoric acid groups is 1. The lowest BCUT2D eigenvalue weighted by Gasteiger charge is -2.67. The largest absolute Gasteiger partial charge is 0.472 e. The molecular formula is C49H56NO19P. The van der Waals surface area contributed by atoms with Crippen LogP contribution in [0.4, 0.5) is 4.79 Å². The van der Waals surface area contributed by atoms with Gasteiger partial charge in [0.05, 0.1) is 36.4 Å². The first-order valence-corrected chi connectivity index (χ1v) is 23.9. The summed E-state index contributed by atoms with van der Waals surface area (Å²) in [6.07, 6.45) is -11.7. The SMILES string of the molecule is CC(=O)O[C@H]1C(=O)[C@@]2(C)[C@H]([C@H](OCc3ccccc3)[C@]3(O)C[C@H](OC(=O)[C@H](OC(=O)c4ccccc4)[C@@H](NC(=O)OCOP(=O)(O)O)c4ccccc4)C(C)=C1C3(C)C)[C@]1(OC(C)=O)CO[C@@H]1C[C@@H]2O. The zero-order valence-electron chi connectivity index (χ0n) is 39.2. The Labute approximate surface area is 402 Å². The molecule has 1 saturated heterocycles. The number of alkyl carbamates (subject to hydrolysis) is 1. The molecule has 7 rings (SSSR count). The fourth-order valence-corrected chi connectivity index (χ4v) is 10.8. The minimum atomic E-state index is -5.10.